The first-order chi connectivity index (χ1) is 15.6. The molecule has 168 valence electrons. The van der Waals surface area contributed by atoms with Crippen molar-refractivity contribution >= 4 is 29.6 Å². The van der Waals surface area contributed by atoms with Crippen LogP contribution in [0, 0.1) is 0 Å². The van der Waals surface area contributed by atoms with Crippen molar-refractivity contribution in [3.05, 3.63) is 54.1 Å². The Morgan fingerprint density at radius 2 is 1.91 bits per heavy atom. The highest BCUT2D eigenvalue weighted by atomic mass is 32.2. The average molecular weight is 453 g/mol. The van der Waals surface area contributed by atoms with Gasteiger partial charge in [-0.25, -0.2) is 5.43 Å². The summed E-state index contributed by atoms with van der Waals surface area (Å²) in [5.74, 6) is 0.776. The lowest BCUT2D eigenvalue weighted by molar-refractivity contribution is -0.118. The molecule has 32 heavy (non-hydrogen) atoms. The van der Waals surface area contributed by atoms with E-state index in [0.717, 1.165) is 30.2 Å². The van der Waals surface area contributed by atoms with E-state index in [1.807, 2.05) is 47.9 Å². The number of nitrogens with zero attached hydrogens (tertiary/aromatic N) is 5. The molecule has 0 saturated carbocycles. The summed E-state index contributed by atoms with van der Waals surface area (Å²) in [5.41, 5.74) is 4.95. The van der Waals surface area contributed by atoms with E-state index in [4.69, 9.17) is 0 Å². The van der Waals surface area contributed by atoms with Crippen LogP contribution in [0.1, 0.15) is 26.3 Å². The van der Waals surface area contributed by atoms with Gasteiger partial charge in [0.2, 0.25) is 0 Å². The van der Waals surface area contributed by atoms with Crippen molar-refractivity contribution in [2.45, 2.75) is 32.5 Å². The van der Waals surface area contributed by atoms with Crippen LogP contribution in [0.15, 0.2) is 58.8 Å². The molecule has 0 bridgehead atoms. The maximum atomic E-state index is 12.2. The van der Waals surface area contributed by atoms with E-state index in [1.165, 1.54) is 18.0 Å². The van der Waals surface area contributed by atoms with Crippen LogP contribution in [0.2, 0.25) is 0 Å². The Hall–Kier alpha value is -3.33. The maximum absolute atomic E-state index is 12.2. The number of rotatable bonds is 10. The van der Waals surface area contributed by atoms with Crippen LogP contribution in [0.25, 0.3) is 11.4 Å². The largest absolute Gasteiger partial charge is 0.507 e. The third kappa shape index (κ3) is 5.67. The van der Waals surface area contributed by atoms with Gasteiger partial charge in [-0.1, -0.05) is 42.1 Å². The van der Waals surface area contributed by atoms with Gasteiger partial charge in [0.05, 0.1) is 12.0 Å². The van der Waals surface area contributed by atoms with Gasteiger partial charge in [0.15, 0.2) is 11.0 Å². The van der Waals surface area contributed by atoms with E-state index in [-0.39, 0.29) is 17.4 Å². The minimum Gasteiger partial charge on any atom is -0.507 e. The predicted octanol–water partition coefficient (Wildman–Crippen LogP) is 3.76. The number of hydrogen-bond acceptors (Lipinski definition) is 7. The zero-order valence-electron chi connectivity index (χ0n) is 18.5. The number of carbonyl (C=O) groups excluding carboxylic acids is 1. The standard InChI is InChI=1S/C23H28N6O2S/c1-4-28(5-2)19-13-12-18(20(30)14-19)15-24-25-21(31)16-32-23-27-26-22(29(23)6-3)17-10-8-7-9-11-17/h7-15,30H,4-6,16H2,1-3H3,(H,25,31). The number of anilines is 1. The Morgan fingerprint density at radius 3 is 2.56 bits per heavy atom. The number of thioether (sulfide) groups is 1. The van der Waals surface area contributed by atoms with Crippen molar-refractivity contribution in [2.24, 2.45) is 5.10 Å². The van der Waals surface area contributed by atoms with Crippen LogP contribution in [-0.4, -0.2) is 50.8 Å². The fraction of sp³-hybridized carbons (Fsp3) is 0.304. The van der Waals surface area contributed by atoms with Crippen molar-refractivity contribution in [1.82, 2.24) is 20.2 Å². The number of aromatic hydroxyl groups is 1. The normalized spacial score (nSPS) is 11.1. The Balaban J connectivity index is 1.57. The van der Waals surface area contributed by atoms with Crippen LogP contribution in [0.4, 0.5) is 5.69 Å². The second-order valence-corrected chi connectivity index (χ2v) is 7.86. The Kier molecular flexibility index (Phi) is 8.27. The van der Waals surface area contributed by atoms with Gasteiger partial charge in [0, 0.05) is 42.5 Å². The van der Waals surface area contributed by atoms with Crippen molar-refractivity contribution < 1.29 is 9.90 Å². The first kappa shape index (κ1) is 23.3. The molecule has 0 aliphatic carbocycles. The topological polar surface area (TPSA) is 95.6 Å². The predicted molar refractivity (Wildman–Crippen MR) is 129 cm³/mol. The molecule has 3 rings (SSSR count). The number of hydrazone groups is 1. The molecule has 8 nitrogen and oxygen atoms in total. The Morgan fingerprint density at radius 1 is 1.16 bits per heavy atom. The molecule has 1 aromatic heterocycles. The van der Waals surface area contributed by atoms with Gasteiger partial charge in [-0.3, -0.25) is 4.79 Å². The molecule has 9 heteroatoms. The van der Waals surface area contributed by atoms with E-state index in [0.29, 0.717) is 17.3 Å². The molecule has 0 unspecified atom stereocenters. The van der Waals surface area contributed by atoms with E-state index in [9.17, 15) is 9.90 Å². The lowest BCUT2D eigenvalue weighted by Gasteiger charge is -2.21. The van der Waals surface area contributed by atoms with Gasteiger partial charge in [-0.15, -0.1) is 10.2 Å². The molecule has 2 aromatic carbocycles. The summed E-state index contributed by atoms with van der Waals surface area (Å²) in [5, 5.41) is 23.4. The van der Waals surface area contributed by atoms with Gasteiger partial charge >= 0.3 is 0 Å². The molecule has 0 radical (unpaired) electrons. The molecule has 1 heterocycles. The fourth-order valence-corrected chi connectivity index (χ4v) is 4.04. The van der Waals surface area contributed by atoms with Gasteiger partial charge in [0.1, 0.15) is 5.75 Å². The number of hydrogen-bond donors (Lipinski definition) is 2. The fourth-order valence-electron chi connectivity index (χ4n) is 3.24. The first-order valence-electron chi connectivity index (χ1n) is 10.6. The SMILES string of the molecule is CCN(CC)c1ccc(C=NNC(=O)CSc2nnc(-c3ccccc3)n2CC)c(O)c1. The molecule has 1 amide bonds. The first-order valence-corrected chi connectivity index (χ1v) is 11.6. The summed E-state index contributed by atoms with van der Waals surface area (Å²) in [6.07, 6.45) is 1.44. The zero-order valence-corrected chi connectivity index (χ0v) is 19.3. The smallest absolute Gasteiger partial charge is 0.250 e. The van der Waals surface area contributed by atoms with E-state index in [2.05, 4.69) is 39.5 Å². The summed E-state index contributed by atoms with van der Waals surface area (Å²) in [4.78, 5) is 14.4. The second kappa shape index (κ2) is 11.3. The molecule has 0 aliphatic rings. The van der Waals surface area contributed by atoms with Crippen molar-refractivity contribution in [3.63, 3.8) is 0 Å². The highest BCUT2D eigenvalue weighted by Gasteiger charge is 2.14. The zero-order chi connectivity index (χ0) is 22.9. The molecule has 3 aromatic rings. The van der Waals surface area contributed by atoms with Crippen LogP contribution < -0.4 is 10.3 Å². The molecule has 2 N–H and O–H groups in total. The number of benzene rings is 2. The van der Waals surface area contributed by atoms with E-state index in [1.54, 1.807) is 12.1 Å². The molecule has 0 aliphatic heterocycles. The monoisotopic (exact) mass is 452 g/mol. The third-order valence-corrected chi connectivity index (χ3v) is 5.90. The number of phenolic OH excluding ortho intramolecular Hbond substituents is 1. The minimum absolute atomic E-state index is 0.117. The molecular formula is C23H28N6O2S. The minimum atomic E-state index is -0.266. The van der Waals surface area contributed by atoms with Gasteiger partial charge in [-0.05, 0) is 32.9 Å². The van der Waals surface area contributed by atoms with Crippen LogP contribution in [0.3, 0.4) is 0 Å². The van der Waals surface area contributed by atoms with Crippen LogP contribution >= 0.6 is 11.8 Å². The highest BCUT2D eigenvalue weighted by Crippen LogP contribution is 2.24. The number of carbonyl (C=O) groups is 1. The number of nitrogens with one attached hydrogen (secondary N) is 1. The van der Waals surface area contributed by atoms with Gasteiger partial charge in [-0.2, -0.15) is 5.10 Å². The van der Waals surface area contributed by atoms with E-state index >= 15 is 0 Å². The molecular weight excluding hydrogens is 424 g/mol. The lowest BCUT2D eigenvalue weighted by atomic mass is 10.2. The molecule has 0 atom stereocenters. The summed E-state index contributed by atoms with van der Waals surface area (Å²) < 4.78 is 1.98. The molecule has 0 saturated heterocycles. The van der Waals surface area contributed by atoms with Crippen molar-refractivity contribution in [2.75, 3.05) is 23.7 Å². The average Bonchev–Trinajstić information content (AvgIpc) is 3.23. The van der Waals surface area contributed by atoms with Gasteiger partial charge in [0.25, 0.3) is 5.91 Å². The Bertz CT molecular complexity index is 1060. The van der Waals surface area contributed by atoms with Gasteiger partial charge < -0.3 is 14.6 Å². The number of aromatic nitrogens is 3. The number of phenols is 1. The second-order valence-electron chi connectivity index (χ2n) is 6.91. The van der Waals surface area contributed by atoms with Crippen LogP contribution in [0.5, 0.6) is 5.75 Å². The maximum Gasteiger partial charge on any atom is 0.250 e. The van der Waals surface area contributed by atoms with E-state index < -0.39 is 0 Å². The quantitative estimate of drug-likeness (QED) is 0.276. The summed E-state index contributed by atoms with van der Waals surface area (Å²) in [7, 11) is 0. The van der Waals surface area contributed by atoms with Crippen LogP contribution in [-0.2, 0) is 11.3 Å². The molecule has 0 spiro atoms. The Labute approximate surface area is 192 Å². The third-order valence-electron chi connectivity index (χ3n) is 4.93. The van der Waals surface area contributed by atoms with Crippen molar-refractivity contribution in [1.29, 1.82) is 0 Å². The number of amides is 1. The van der Waals surface area contributed by atoms with Crippen molar-refractivity contribution in [3.8, 4) is 17.1 Å². The lowest BCUT2D eigenvalue weighted by Crippen LogP contribution is -2.21. The summed E-state index contributed by atoms with van der Waals surface area (Å²) >= 11 is 1.30. The summed E-state index contributed by atoms with van der Waals surface area (Å²) in [6.45, 7) is 8.56. The summed E-state index contributed by atoms with van der Waals surface area (Å²) in [6, 6.07) is 15.2. The molecule has 0 fully saturated rings. The highest BCUT2D eigenvalue weighted by molar-refractivity contribution is 7.99.